The second-order valence-corrected chi connectivity index (χ2v) is 5.90. The first-order chi connectivity index (χ1) is 8.08. The molecule has 0 aliphatic carbocycles. The zero-order chi connectivity index (χ0) is 12.4. The molecule has 1 aromatic heterocycles. The van der Waals surface area contributed by atoms with Crippen molar-refractivity contribution in [1.82, 2.24) is 4.98 Å². The van der Waals surface area contributed by atoms with Gasteiger partial charge in [0.25, 0.3) is 0 Å². The van der Waals surface area contributed by atoms with E-state index in [1.807, 2.05) is 30.3 Å². The van der Waals surface area contributed by atoms with Crippen molar-refractivity contribution in [1.29, 1.82) is 0 Å². The van der Waals surface area contributed by atoms with Gasteiger partial charge in [-0.3, -0.25) is 0 Å². The molecule has 0 bridgehead atoms. The monoisotopic (exact) mass is 329 g/mol. The normalized spacial score (nSPS) is 12.5. The number of hydrogen-bond donors (Lipinski definition) is 0. The van der Waals surface area contributed by atoms with Crippen molar-refractivity contribution in [2.24, 2.45) is 0 Å². The third-order valence-electron chi connectivity index (χ3n) is 2.42. The molecule has 0 saturated carbocycles. The van der Waals surface area contributed by atoms with Gasteiger partial charge in [0.05, 0.1) is 5.69 Å². The van der Waals surface area contributed by atoms with Crippen LogP contribution < -0.4 is 0 Å². The summed E-state index contributed by atoms with van der Waals surface area (Å²) in [6.07, 6.45) is 0. The summed E-state index contributed by atoms with van der Waals surface area (Å²) in [5, 5.41) is 1.18. The van der Waals surface area contributed by atoms with Gasteiger partial charge in [0.2, 0.25) is 0 Å². The molecule has 88 valence electrons. The molecule has 17 heavy (non-hydrogen) atoms. The molecule has 0 radical (unpaired) electrons. The Morgan fingerprint density at radius 2 is 1.94 bits per heavy atom. The fourth-order valence-corrected chi connectivity index (χ4v) is 2.34. The molecule has 0 aliphatic rings. The van der Waals surface area contributed by atoms with Crippen molar-refractivity contribution >= 4 is 39.1 Å². The number of nitrogens with zero attached hydrogens (tertiary/aromatic N) is 1. The van der Waals surface area contributed by atoms with E-state index in [0.29, 0.717) is 10.2 Å². The van der Waals surface area contributed by atoms with E-state index < -0.39 is 0 Å². The molecular formula is C13H10BrCl2N. The molecule has 1 heterocycles. The SMILES string of the molecule is CC(Br)c1ccc(Cl)nc1-c1cccc(Cl)c1. The van der Waals surface area contributed by atoms with E-state index in [1.165, 1.54) is 0 Å². The summed E-state index contributed by atoms with van der Waals surface area (Å²) in [7, 11) is 0. The highest BCUT2D eigenvalue weighted by atomic mass is 79.9. The third-order valence-corrected chi connectivity index (χ3v) is 3.36. The third kappa shape index (κ3) is 3.01. The first-order valence-electron chi connectivity index (χ1n) is 5.14. The van der Waals surface area contributed by atoms with Gasteiger partial charge in [0.1, 0.15) is 5.15 Å². The summed E-state index contributed by atoms with van der Waals surface area (Å²) in [6.45, 7) is 2.05. The minimum atomic E-state index is 0.209. The van der Waals surface area contributed by atoms with Crippen molar-refractivity contribution in [3.05, 3.63) is 52.1 Å². The van der Waals surface area contributed by atoms with E-state index in [4.69, 9.17) is 23.2 Å². The van der Waals surface area contributed by atoms with Crippen LogP contribution in [0.3, 0.4) is 0 Å². The van der Waals surface area contributed by atoms with E-state index in [9.17, 15) is 0 Å². The van der Waals surface area contributed by atoms with Crippen LogP contribution in [0.2, 0.25) is 10.2 Å². The van der Waals surface area contributed by atoms with E-state index >= 15 is 0 Å². The lowest BCUT2D eigenvalue weighted by atomic mass is 10.0. The van der Waals surface area contributed by atoms with Gasteiger partial charge < -0.3 is 0 Å². The number of rotatable bonds is 2. The Bertz CT molecular complexity index is 541. The highest BCUT2D eigenvalue weighted by molar-refractivity contribution is 9.09. The Morgan fingerprint density at radius 1 is 1.18 bits per heavy atom. The molecule has 0 spiro atoms. The average Bonchev–Trinajstić information content (AvgIpc) is 2.28. The molecule has 0 fully saturated rings. The fraction of sp³-hybridized carbons (Fsp3) is 0.154. The van der Waals surface area contributed by atoms with Gasteiger partial charge in [-0.05, 0) is 30.7 Å². The summed E-state index contributed by atoms with van der Waals surface area (Å²) in [5.74, 6) is 0. The van der Waals surface area contributed by atoms with Gasteiger partial charge in [-0.1, -0.05) is 57.3 Å². The maximum absolute atomic E-state index is 5.99. The Morgan fingerprint density at radius 3 is 2.59 bits per heavy atom. The predicted octanol–water partition coefficient (Wildman–Crippen LogP) is 5.51. The fourth-order valence-electron chi connectivity index (χ4n) is 1.63. The van der Waals surface area contributed by atoms with Crippen molar-refractivity contribution in [2.75, 3.05) is 0 Å². The molecule has 1 atom stereocenters. The van der Waals surface area contributed by atoms with Gasteiger partial charge in [0, 0.05) is 15.4 Å². The summed E-state index contributed by atoms with van der Waals surface area (Å²) in [6, 6.07) is 11.4. The number of pyridine rings is 1. The zero-order valence-corrected chi connectivity index (χ0v) is 12.2. The predicted molar refractivity (Wildman–Crippen MR) is 77.0 cm³/mol. The summed E-state index contributed by atoms with van der Waals surface area (Å²) < 4.78 is 0. The lowest BCUT2D eigenvalue weighted by Gasteiger charge is -2.11. The minimum Gasteiger partial charge on any atom is -0.236 e. The van der Waals surface area contributed by atoms with Crippen LogP contribution in [0.1, 0.15) is 17.3 Å². The number of hydrogen-bond acceptors (Lipinski definition) is 1. The zero-order valence-electron chi connectivity index (χ0n) is 9.12. The van der Waals surface area contributed by atoms with Crippen molar-refractivity contribution in [3.63, 3.8) is 0 Å². The molecular weight excluding hydrogens is 321 g/mol. The van der Waals surface area contributed by atoms with Crippen LogP contribution >= 0.6 is 39.1 Å². The van der Waals surface area contributed by atoms with Crippen molar-refractivity contribution in [3.8, 4) is 11.3 Å². The van der Waals surface area contributed by atoms with Gasteiger partial charge in [0.15, 0.2) is 0 Å². The molecule has 1 unspecified atom stereocenters. The second kappa shape index (κ2) is 5.38. The van der Waals surface area contributed by atoms with Crippen LogP contribution in [-0.2, 0) is 0 Å². The number of alkyl halides is 1. The van der Waals surface area contributed by atoms with Gasteiger partial charge >= 0.3 is 0 Å². The van der Waals surface area contributed by atoms with E-state index in [-0.39, 0.29) is 4.83 Å². The lowest BCUT2D eigenvalue weighted by molar-refractivity contribution is 1.10. The largest absolute Gasteiger partial charge is 0.236 e. The highest BCUT2D eigenvalue weighted by Crippen LogP contribution is 2.32. The molecule has 1 aromatic carbocycles. The van der Waals surface area contributed by atoms with Crippen molar-refractivity contribution < 1.29 is 0 Å². The van der Waals surface area contributed by atoms with Gasteiger partial charge in [-0.25, -0.2) is 4.98 Å². The average molecular weight is 331 g/mol. The molecule has 0 saturated heterocycles. The maximum atomic E-state index is 5.99. The Labute approximate surface area is 119 Å². The van der Waals surface area contributed by atoms with E-state index in [0.717, 1.165) is 16.8 Å². The lowest BCUT2D eigenvalue weighted by Crippen LogP contribution is -1.94. The summed E-state index contributed by atoms with van der Waals surface area (Å²) in [5.41, 5.74) is 2.93. The number of halogens is 3. The Kier molecular flexibility index (Phi) is 4.08. The van der Waals surface area contributed by atoms with Crippen LogP contribution in [0.4, 0.5) is 0 Å². The Balaban J connectivity index is 2.61. The molecule has 2 aromatic rings. The molecule has 0 aliphatic heterocycles. The Hall–Kier alpha value is -0.570. The number of aromatic nitrogens is 1. The quantitative estimate of drug-likeness (QED) is 0.522. The van der Waals surface area contributed by atoms with Crippen LogP contribution in [0.5, 0.6) is 0 Å². The molecule has 0 amide bonds. The van der Waals surface area contributed by atoms with E-state index in [2.05, 4.69) is 27.8 Å². The van der Waals surface area contributed by atoms with Crippen molar-refractivity contribution in [2.45, 2.75) is 11.8 Å². The number of benzene rings is 1. The maximum Gasteiger partial charge on any atom is 0.129 e. The van der Waals surface area contributed by atoms with E-state index in [1.54, 1.807) is 6.07 Å². The topological polar surface area (TPSA) is 12.9 Å². The van der Waals surface area contributed by atoms with Crippen LogP contribution in [-0.4, -0.2) is 4.98 Å². The molecule has 0 N–H and O–H groups in total. The minimum absolute atomic E-state index is 0.209. The first-order valence-corrected chi connectivity index (χ1v) is 6.81. The first kappa shape index (κ1) is 12.9. The molecule has 4 heteroatoms. The van der Waals surface area contributed by atoms with Crippen LogP contribution in [0.25, 0.3) is 11.3 Å². The summed E-state index contributed by atoms with van der Waals surface area (Å²) >= 11 is 15.5. The van der Waals surface area contributed by atoms with Gasteiger partial charge in [-0.15, -0.1) is 0 Å². The standard InChI is InChI=1S/C13H10BrCl2N/c1-8(14)11-5-6-12(16)17-13(11)9-3-2-4-10(15)7-9/h2-8H,1H3. The highest BCUT2D eigenvalue weighted by Gasteiger charge is 2.12. The van der Waals surface area contributed by atoms with Crippen LogP contribution in [0.15, 0.2) is 36.4 Å². The van der Waals surface area contributed by atoms with Crippen LogP contribution in [0, 0.1) is 0 Å². The second-order valence-electron chi connectivity index (χ2n) is 3.70. The molecule has 1 nitrogen and oxygen atoms in total. The summed E-state index contributed by atoms with van der Waals surface area (Å²) in [4.78, 5) is 4.59. The smallest absolute Gasteiger partial charge is 0.129 e. The van der Waals surface area contributed by atoms with Gasteiger partial charge in [-0.2, -0.15) is 0 Å². The molecule has 2 rings (SSSR count).